The minimum absolute atomic E-state index is 0.0332. The van der Waals surface area contributed by atoms with E-state index in [0.717, 1.165) is 0 Å². The number of nitro groups is 1. The van der Waals surface area contributed by atoms with Gasteiger partial charge in [0.05, 0.1) is 4.92 Å². The summed E-state index contributed by atoms with van der Waals surface area (Å²) in [6.45, 7) is 1.66. The Morgan fingerprint density at radius 1 is 1.21 bits per heavy atom. The van der Waals surface area contributed by atoms with Gasteiger partial charge in [-0.1, -0.05) is 12.1 Å². The second-order valence-electron chi connectivity index (χ2n) is 3.44. The summed E-state index contributed by atoms with van der Waals surface area (Å²) in [4.78, 5) is 21.3. The van der Waals surface area contributed by atoms with E-state index in [1.54, 1.807) is 19.1 Å². The Kier molecular flexibility index (Phi) is 3.77. The largest absolute Gasteiger partial charge is 0.416 e. The average Bonchev–Trinajstić information content (AvgIpc) is 2.30. The third kappa shape index (κ3) is 3.07. The molecule has 98 valence electrons. The quantitative estimate of drug-likeness (QED) is 0.638. The maximum absolute atomic E-state index is 10.9. The molecule has 0 aliphatic carbocycles. The van der Waals surface area contributed by atoms with Crippen LogP contribution >= 0.6 is 23.2 Å². The number of para-hydroxylation sites is 1. The molecule has 2 aromatic rings. The standard InChI is InChI=1S/C10H6Cl2N4O3/c1-5-3-2-4-6(16(17)18)7(5)19-10-14-8(11)13-9(12)15-10/h2-4H,1H3. The SMILES string of the molecule is Cc1cccc([N+](=O)[O-])c1Oc1nc(Cl)nc(Cl)n1. The number of hydrogen-bond acceptors (Lipinski definition) is 6. The molecule has 19 heavy (non-hydrogen) atoms. The summed E-state index contributed by atoms with van der Waals surface area (Å²) in [6.07, 6.45) is 0. The normalized spacial score (nSPS) is 10.3. The zero-order valence-electron chi connectivity index (χ0n) is 9.50. The Morgan fingerprint density at radius 3 is 2.42 bits per heavy atom. The number of halogens is 2. The molecule has 7 nitrogen and oxygen atoms in total. The van der Waals surface area contributed by atoms with E-state index in [2.05, 4.69) is 15.0 Å². The number of benzene rings is 1. The van der Waals surface area contributed by atoms with Gasteiger partial charge in [0.2, 0.25) is 16.3 Å². The van der Waals surface area contributed by atoms with Crippen molar-refractivity contribution in [3.63, 3.8) is 0 Å². The number of aromatic nitrogens is 3. The molecular weight excluding hydrogens is 295 g/mol. The van der Waals surface area contributed by atoms with E-state index in [1.807, 2.05) is 0 Å². The lowest BCUT2D eigenvalue weighted by atomic mass is 10.2. The molecule has 0 spiro atoms. The molecular formula is C10H6Cl2N4O3. The molecule has 1 aromatic heterocycles. The minimum Gasteiger partial charge on any atom is -0.416 e. The molecule has 2 rings (SSSR count). The van der Waals surface area contributed by atoms with Crippen LogP contribution in [0.4, 0.5) is 5.69 Å². The Morgan fingerprint density at radius 2 is 1.84 bits per heavy atom. The highest BCUT2D eigenvalue weighted by atomic mass is 35.5. The molecule has 0 fully saturated rings. The monoisotopic (exact) mass is 300 g/mol. The van der Waals surface area contributed by atoms with E-state index in [1.165, 1.54) is 6.07 Å². The second-order valence-corrected chi connectivity index (χ2v) is 4.11. The Balaban J connectivity index is 2.45. The van der Waals surface area contributed by atoms with Crippen molar-refractivity contribution in [3.05, 3.63) is 44.4 Å². The summed E-state index contributed by atoms with van der Waals surface area (Å²) in [7, 11) is 0. The van der Waals surface area contributed by atoms with Crippen molar-refractivity contribution in [2.75, 3.05) is 0 Å². The molecule has 0 amide bonds. The van der Waals surface area contributed by atoms with Crippen LogP contribution in [0.5, 0.6) is 11.8 Å². The number of nitro benzene ring substituents is 1. The molecule has 0 unspecified atom stereocenters. The maximum Gasteiger partial charge on any atom is 0.327 e. The molecule has 9 heteroatoms. The molecule has 0 radical (unpaired) electrons. The number of nitrogens with zero attached hydrogens (tertiary/aromatic N) is 4. The van der Waals surface area contributed by atoms with Crippen LogP contribution in [0.2, 0.25) is 10.6 Å². The van der Waals surface area contributed by atoms with Gasteiger partial charge in [-0.3, -0.25) is 10.1 Å². The van der Waals surface area contributed by atoms with Crippen LogP contribution in [0.3, 0.4) is 0 Å². The van der Waals surface area contributed by atoms with E-state index in [4.69, 9.17) is 27.9 Å². The summed E-state index contributed by atoms with van der Waals surface area (Å²) in [6, 6.07) is 4.31. The highest BCUT2D eigenvalue weighted by Crippen LogP contribution is 2.33. The van der Waals surface area contributed by atoms with Crippen molar-refractivity contribution in [2.45, 2.75) is 6.92 Å². The van der Waals surface area contributed by atoms with Crippen LogP contribution in [0, 0.1) is 17.0 Å². The lowest BCUT2D eigenvalue weighted by Crippen LogP contribution is -1.99. The molecule has 0 aliphatic heterocycles. The molecule has 1 aromatic carbocycles. The summed E-state index contributed by atoms with van der Waals surface area (Å²) in [5.74, 6) is 0.0332. The van der Waals surface area contributed by atoms with Crippen LogP contribution < -0.4 is 4.74 Å². The van der Waals surface area contributed by atoms with Crippen molar-refractivity contribution in [3.8, 4) is 11.8 Å². The lowest BCUT2D eigenvalue weighted by Gasteiger charge is -2.07. The predicted molar refractivity (Wildman–Crippen MR) is 67.8 cm³/mol. The number of aryl methyl sites for hydroxylation is 1. The first kappa shape index (κ1) is 13.4. The molecule has 0 atom stereocenters. The van der Waals surface area contributed by atoms with Gasteiger partial charge < -0.3 is 4.74 Å². The lowest BCUT2D eigenvalue weighted by molar-refractivity contribution is -0.385. The van der Waals surface area contributed by atoms with Crippen LogP contribution in [-0.2, 0) is 0 Å². The van der Waals surface area contributed by atoms with Crippen molar-refractivity contribution in [2.24, 2.45) is 0 Å². The fourth-order valence-electron chi connectivity index (χ4n) is 1.36. The van der Waals surface area contributed by atoms with Crippen LogP contribution in [-0.4, -0.2) is 19.9 Å². The van der Waals surface area contributed by atoms with Gasteiger partial charge in [0.1, 0.15) is 0 Å². The van der Waals surface area contributed by atoms with Gasteiger partial charge in [-0.2, -0.15) is 15.0 Å². The van der Waals surface area contributed by atoms with Crippen molar-refractivity contribution in [1.29, 1.82) is 0 Å². The van der Waals surface area contributed by atoms with Crippen molar-refractivity contribution in [1.82, 2.24) is 15.0 Å². The predicted octanol–water partition coefficient (Wildman–Crippen LogP) is 3.19. The van der Waals surface area contributed by atoms with Gasteiger partial charge in [-0.05, 0) is 35.7 Å². The van der Waals surface area contributed by atoms with Crippen LogP contribution in [0.1, 0.15) is 5.56 Å². The fraction of sp³-hybridized carbons (Fsp3) is 0.100. The van der Waals surface area contributed by atoms with Gasteiger partial charge >= 0.3 is 11.7 Å². The van der Waals surface area contributed by atoms with E-state index < -0.39 is 4.92 Å². The van der Waals surface area contributed by atoms with Crippen molar-refractivity contribution < 1.29 is 9.66 Å². The van der Waals surface area contributed by atoms with E-state index in [-0.39, 0.29) is 28.0 Å². The Labute approximate surface area is 117 Å². The summed E-state index contributed by atoms with van der Waals surface area (Å²) in [5.41, 5.74) is 0.356. The Bertz CT molecular complexity index is 630. The first-order valence-electron chi connectivity index (χ1n) is 4.96. The van der Waals surface area contributed by atoms with Crippen molar-refractivity contribution >= 4 is 28.9 Å². The molecule has 0 N–H and O–H groups in total. The fourth-order valence-corrected chi connectivity index (χ4v) is 1.71. The van der Waals surface area contributed by atoms with E-state index in [0.29, 0.717) is 5.56 Å². The topological polar surface area (TPSA) is 91.0 Å². The molecule has 1 heterocycles. The van der Waals surface area contributed by atoms with Gasteiger partial charge in [0, 0.05) is 6.07 Å². The zero-order valence-corrected chi connectivity index (χ0v) is 11.0. The average molecular weight is 301 g/mol. The summed E-state index contributed by atoms with van der Waals surface area (Å²) < 4.78 is 5.29. The number of ether oxygens (including phenoxy) is 1. The molecule has 0 saturated heterocycles. The van der Waals surface area contributed by atoms with Gasteiger partial charge in [0.15, 0.2) is 0 Å². The second kappa shape index (κ2) is 5.33. The minimum atomic E-state index is -0.563. The van der Waals surface area contributed by atoms with Gasteiger partial charge in [-0.15, -0.1) is 0 Å². The Hall–Kier alpha value is -1.99. The highest BCUT2D eigenvalue weighted by molar-refractivity contribution is 6.31. The number of hydrogen-bond donors (Lipinski definition) is 0. The first-order chi connectivity index (χ1) is 8.97. The third-order valence-electron chi connectivity index (χ3n) is 2.14. The summed E-state index contributed by atoms with van der Waals surface area (Å²) >= 11 is 11.2. The van der Waals surface area contributed by atoms with E-state index in [9.17, 15) is 10.1 Å². The third-order valence-corrected chi connectivity index (χ3v) is 2.48. The smallest absolute Gasteiger partial charge is 0.327 e. The molecule has 0 saturated carbocycles. The molecule has 0 bridgehead atoms. The van der Waals surface area contributed by atoms with Crippen LogP contribution in [0.15, 0.2) is 18.2 Å². The number of rotatable bonds is 3. The zero-order chi connectivity index (χ0) is 14.0. The van der Waals surface area contributed by atoms with Gasteiger partial charge in [0.25, 0.3) is 0 Å². The first-order valence-corrected chi connectivity index (χ1v) is 5.72. The van der Waals surface area contributed by atoms with E-state index >= 15 is 0 Å². The molecule has 0 aliphatic rings. The highest BCUT2D eigenvalue weighted by Gasteiger charge is 2.19. The summed E-state index contributed by atoms with van der Waals surface area (Å²) in [5, 5.41) is 10.6. The van der Waals surface area contributed by atoms with Gasteiger partial charge in [-0.25, -0.2) is 0 Å². The maximum atomic E-state index is 10.9. The van der Waals surface area contributed by atoms with Crippen LogP contribution in [0.25, 0.3) is 0 Å².